The lowest BCUT2D eigenvalue weighted by Gasteiger charge is -2.13. The highest BCUT2D eigenvalue weighted by Crippen LogP contribution is 2.24. The van der Waals surface area contributed by atoms with Gasteiger partial charge in [-0.2, -0.15) is 5.26 Å². The van der Waals surface area contributed by atoms with Gasteiger partial charge in [0, 0.05) is 18.8 Å². The van der Waals surface area contributed by atoms with Crippen LogP contribution in [0.3, 0.4) is 0 Å². The van der Waals surface area contributed by atoms with E-state index in [9.17, 15) is 10.1 Å². The molecule has 0 fully saturated rings. The fourth-order valence-corrected chi connectivity index (χ4v) is 2.26. The van der Waals surface area contributed by atoms with Gasteiger partial charge in [0.15, 0.2) is 0 Å². The summed E-state index contributed by atoms with van der Waals surface area (Å²) in [5.41, 5.74) is 1.44. The van der Waals surface area contributed by atoms with Crippen molar-refractivity contribution in [2.75, 3.05) is 11.9 Å². The van der Waals surface area contributed by atoms with E-state index in [1.165, 1.54) is 30.7 Å². The van der Waals surface area contributed by atoms with Crippen molar-refractivity contribution in [3.8, 4) is 6.07 Å². The lowest BCUT2D eigenvalue weighted by Crippen LogP contribution is -2.08. The molecule has 0 aliphatic heterocycles. The highest BCUT2D eigenvalue weighted by Gasteiger charge is 2.16. The number of nitrogens with zero attached hydrogens (tertiary/aromatic N) is 3. The Morgan fingerprint density at radius 2 is 2.35 bits per heavy atom. The van der Waals surface area contributed by atoms with Crippen LogP contribution in [0.4, 0.5) is 11.5 Å². The number of anilines is 1. The van der Waals surface area contributed by atoms with Crippen LogP contribution in [0.25, 0.3) is 0 Å². The summed E-state index contributed by atoms with van der Waals surface area (Å²) < 4.78 is 0. The minimum Gasteiger partial charge on any atom is -0.364 e. The Morgan fingerprint density at radius 1 is 1.50 bits per heavy atom. The maximum Gasteiger partial charge on any atom is 0.312 e. The monoisotopic (exact) mass is 272 g/mol. The van der Waals surface area contributed by atoms with Gasteiger partial charge in [0.05, 0.1) is 10.5 Å². The van der Waals surface area contributed by atoms with Crippen molar-refractivity contribution in [3.05, 3.63) is 39.6 Å². The summed E-state index contributed by atoms with van der Waals surface area (Å²) in [4.78, 5) is 14.4. The van der Waals surface area contributed by atoms with Crippen molar-refractivity contribution in [3.63, 3.8) is 0 Å². The van der Waals surface area contributed by atoms with Gasteiger partial charge in [-0.15, -0.1) is 0 Å². The van der Waals surface area contributed by atoms with Crippen LogP contribution in [-0.4, -0.2) is 16.5 Å². The molecule has 6 nitrogen and oxygen atoms in total. The summed E-state index contributed by atoms with van der Waals surface area (Å²) in [5, 5.41) is 22.7. The summed E-state index contributed by atoms with van der Waals surface area (Å²) in [6.45, 7) is 0.617. The minimum atomic E-state index is -0.518. The van der Waals surface area contributed by atoms with Crippen LogP contribution in [0.15, 0.2) is 23.9 Å². The molecule has 2 rings (SSSR count). The Hall–Kier alpha value is -2.42. The first-order valence-corrected chi connectivity index (χ1v) is 6.67. The van der Waals surface area contributed by atoms with E-state index in [0.29, 0.717) is 6.54 Å². The number of aromatic nitrogens is 1. The standard InChI is InChI=1S/C14H16N4O2/c15-9-12-8-13(18(19)20)14(17-10-12)16-7-6-11-4-2-1-3-5-11/h4,8,10H,1-3,5-7H2,(H,16,17). The van der Waals surface area contributed by atoms with Gasteiger partial charge in [0.1, 0.15) is 6.07 Å². The fraction of sp³-hybridized carbons (Fsp3) is 0.429. The predicted octanol–water partition coefficient (Wildman–Crippen LogP) is 3.16. The lowest BCUT2D eigenvalue weighted by molar-refractivity contribution is -0.384. The van der Waals surface area contributed by atoms with Crippen LogP contribution in [0, 0.1) is 21.4 Å². The SMILES string of the molecule is N#Cc1cnc(NCCC2=CCCCC2)c([N+](=O)[O-])c1. The third-order valence-electron chi connectivity index (χ3n) is 3.32. The highest BCUT2D eigenvalue weighted by atomic mass is 16.6. The van der Waals surface area contributed by atoms with Crippen LogP contribution in [-0.2, 0) is 0 Å². The van der Waals surface area contributed by atoms with Gasteiger partial charge in [-0.05, 0) is 32.1 Å². The Morgan fingerprint density at radius 3 is 3.00 bits per heavy atom. The molecule has 1 aliphatic carbocycles. The predicted molar refractivity (Wildman–Crippen MR) is 75.3 cm³/mol. The number of hydrogen-bond donors (Lipinski definition) is 1. The second kappa shape index (κ2) is 6.66. The maximum atomic E-state index is 11.0. The number of nitro groups is 1. The van der Waals surface area contributed by atoms with E-state index in [-0.39, 0.29) is 17.1 Å². The molecule has 0 bridgehead atoms. The molecule has 0 saturated carbocycles. The first-order chi connectivity index (χ1) is 9.70. The molecule has 0 atom stereocenters. The third kappa shape index (κ3) is 3.54. The van der Waals surface area contributed by atoms with E-state index < -0.39 is 4.92 Å². The molecule has 0 amide bonds. The van der Waals surface area contributed by atoms with Crippen LogP contribution >= 0.6 is 0 Å². The number of rotatable bonds is 5. The fourth-order valence-electron chi connectivity index (χ4n) is 2.26. The molecular formula is C14H16N4O2. The van der Waals surface area contributed by atoms with Gasteiger partial charge in [-0.25, -0.2) is 4.98 Å². The quantitative estimate of drug-likeness (QED) is 0.505. The first kappa shape index (κ1) is 14.0. The van der Waals surface area contributed by atoms with Gasteiger partial charge < -0.3 is 5.32 Å². The Bertz CT molecular complexity index is 575. The van der Waals surface area contributed by atoms with Gasteiger partial charge in [-0.1, -0.05) is 11.6 Å². The number of pyridine rings is 1. The number of nitrogens with one attached hydrogen (secondary N) is 1. The number of hydrogen-bond acceptors (Lipinski definition) is 5. The first-order valence-electron chi connectivity index (χ1n) is 6.67. The smallest absolute Gasteiger partial charge is 0.312 e. The van der Waals surface area contributed by atoms with Crippen molar-refractivity contribution in [1.82, 2.24) is 4.98 Å². The van der Waals surface area contributed by atoms with E-state index in [4.69, 9.17) is 5.26 Å². The molecule has 0 aromatic carbocycles. The summed E-state index contributed by atoms with van der Waals surface area (Å²) in [7, 11) is 0. The molecule has 1 N–H and O–H groups in total. The van der Waals surface area contributed by atoms with Crippen molar-refractivity contribution >= 4 is 11.5 Å². The summed E-state index contributed by atoms with van der Waals surface area (Å²) >= 11 is 0. The van der Waals surface area contributed by atoms with E-state index in [0.717, 1.165) is 19.3 Å². The number of allylic oxidation sites excluding steroid dienone is 1. The normalized spacial score (nSPS) is 14.2. The Labute approximate surface area is 117 Å². The van der Waals surface area contributed by atoms with E-state index in [2.05, 4.69) is 16.4 Å². The van der Waals surface area contributed by atoms with E-state index in [1.54, 1.807) is 0 Å². The molecule has 1 aromatic rings. The Balaban J connectivity index is 2.00. The van der Waals surface area contributed by atoms with Crippen molar-refractivity contribution < 1.29 is 4.92 Å². The second-order valence-electron chi connectivity index (χ2n) is 4.75. The largest absolute Gasteiger partial charge is 0.364 e. The molecule has 1 heterocycles. The van der Waals surface area contributed by atoms with Crippen molar-refractivity contribution in [2.45, 2.75) is 32.1 Å². The van der Waals surface area contributed by atoms with Crippen LogP contribution in [0.2, 0.25) is 0 Å². The molecule has 0 unspecified atom stereocenters. The minimum absolute atomic E-state index is 0.151. The summed E-state index contributed by atoms with van der Waals surface area (Å²) in [5.74, 6) is 0.227. The molecular weight excluding hydrogens is 256 g/mol. The summed E-state index contributed by atoms with van der Waals surface area (Å²) in [6.07, 6.45) is 9.19. The average Bonchev–Trinajstić information content (AvgIpc) is 2.48. The van der Waals surface area contributed by atoms with E-state index in [1.807, 2.05) is 6.07 Å². The highest BCUT2D eigenvalue weighted by molar-refractivity contribution is 5.58. The van der Waals surface area contributed by atoms with Gasteiger partial charge in [0.2, 0.25) is 5.82 Å². The van der Waals surface area contributed by atoms with Crippen LogP contribution in [0.5, 0.6) is 0 Å². The molecule has 0 spiro atoms. The molecule has 104 valence electrons. The molecule has 1 aromatic heterocycles. The average molecular weight is 272 g/mol. The zero-order valence-corrected chi connectivity index (χ0v) is 11.1. The van der Waals surface area contributed by atoms with Gasteiger partial charge in [-0.3, -0.25) is 10.1 Å². The third-order valence-corrected chi connectivity index (χ3v) is 3.32. The number of nitriles is 1. The maximum absolute atomic E-state index is 11.0. The second-order valence-corrected chi connectivity index (χ2v) is 4.75. The zero-order valence-electron chi connectivity index (χ0n) is 11.1. The Kier molecular flexibility index (Phi) is 4.66. The van der Waals surface area contributed by atoms with E-state index >= 15 is 0 Å². The summed E-state index contributed by atoms with van der Waals surface area (Å²) in [6, 6.07) is 3.10. The van der Waals surface area contributed by atoms with Crippen LogP contribution in [0.1, 0.15) is 37.7 Å². The molecule has 0 radical (unpaired) electrons. The van der Waals surface area contributed by atoms with Gasteiger partial charge in [0.25, 0.3) is 0 Å². The van der Waals surface area contributed by atoms with Crippen LogP contribution < -0.4 is 5.32 Å². The zero-order chi connectivity index (χ0) is 14.4. The van der Waals surface area contributed by atoms with Crippen molar-refractivity contribution in [2.24, 2.45) is 0 Å². The topological polar surface area (TPSA) is 91.8 Å². The lowest BCUT2D eigenvalue weighted by atomic mass is 9.97. The van der Waals surface area contributed by atoms with Gasteiger partial charge >= 0.3 is 5.69 Å². The van der Waals surface area contributed by atoms with Crippen molar-refractivity contribution in [1.29, 1.82) is 5.26 Å². The molecule has 0 saturated heterocycles. The molecule has 1 aliphatic rings. The molecule has 20 heavy (non-hydrogen) atoms. The molecule has 6 heteroatoms.